The first-order valence-corrected chi connectivity index (χ1v) is 8.88. The van der Waals surface area contributed by atoms with E-state index < -0.39 is 6.10 Å². The molecule has 134 valence electrons. The Balaban J connectivity index is 1.53. The number of hydrogen-bond donors (Lipinski definition) is 4. The fourth-order valence-electron chi connectivity index (χ4n) is 3.97. The smallest absolute Gasteiger partial charge is 0.248 e. The molecule has 1 aliphatic carbocycles. The first kappa shape index (κ1) is 16.8. The van der Waals surface area contributed by atoms with Gasteiger partial charge in [-0.25, -0.2) is 0 Å². The molecule has 5 nitrogen and oxygen atoms in total. The minimum atomic E-state index is -0.736. The van der Waals surface area contributed by atoms with Gasteiger partial charge in [0.15, 0.2) is 0 Å². The summed E-state index contributed by atoms with van der Waals surface area (Å²) < 4.78 is 0. The summed E-state index contributed by atoms with van der Waals surface area (Å²) in [6.07, 6.45) is 0.216. The van der Waals surface area contributed by atoms with Crippen molar-refractivity contribution in [2.75, 3.05) is 6.54 Å². The molecule has 0 aliphatic heterocycles. The quantitative estimate of drug-likeness (QED) is 0.583. The summed E-state index contributed by atoms with van der Waals surface area (Å²) in [5, 5.41) is 24.8. The molecule has 0 saturated heterocycles. The Morgan fingerprint density at radius 3 is 2.81 bits per heavy atom. The van der Waals surface area contributed by atoms with Crippen molar-refractivity contribution in [1.29, 1.82) is 0 Å². The van der Waals surface area contributed by atoms with E-state index in [0.717, 1.165) is 6.42 Å². The van der Waals surface area contributed by atoms with Crippen molar-refractivity contribution >= 4 is 10.9 Å². The lowest BCUT2D eigenvalue weighted by Crippen LogP contribution is -2.35. The topological polar surface area (TPSA) is 85.3 Å². The number of fused-ring (bicyclic) bond motifs is 2. The van der Waals surface area contributed by atoms with Crippen molar-refractivity contribution in [3.63, 3.8) is 0 Å². The van der Waals surface area contributed by atoms with E-state index in [-0.39, 0.29) is 17.4 Å². The minimum absolute atomic E-state index is 0.00136. The summed E-state index contributed by atoms with van der Waals surface area (Å²) in [5.41, 5.74) is 3.49. The van der Waals surface area contributed by atoms with E-state index >= 15 is 0 Å². The zero-order valence-corrected chi connectivity index (χ0v) is 14.6. The maximum absolute atomic E-state index is 11.5. The maximum atomic E-state index is 11.5. The second-order valence-corrected chi connectivity index (χ2v) is 7.01. The van der Waals surface area contributed by atoms with E-state index in [2.05, 4.69) is 41.5 Å². The first-order chi connectivity index (χ1) is 12.5. The molecule has 2 aromatic carbocycles. The van der Waals surface area contributed by atoms with Crippen molar-refractivity contribution in [3.05, 3.63) is 75.6 Å². The summed E-state index contributed by atoms with van der Waals surface area (Å²) in [7, 11) is 0. The van der Waals surface area contributed by atoms with Crippen molar-refractivity contribution in [3.8, 4) is 5.75 Å². The Kier molecular flexibility index (Phi) is 4.26. The van der Waals surface area contributed by atoms with E-state index in [0.29, 0.717) is 28.9 Å². The molecule has 1 heterocycles. The Hall–Kier alpha value is -2.63. The highest BCUT2D eigenvalue weighted by Gasteiger charge is 2.28. The summed E-state index contributed by atoms with van der Waals surface area (Å²) in [5.74, 6) is 0.396. The third-order valence-electron chi connectivity index (χ3n) is 5.43. The van der Waals surface area contributed by atoms with Crippen LogP contribution in [0.2, 0.25) is 0 Å². The number of aromatic nitrogens is 1. The highest BCUT2D eigenvalue weighted by molar-refractivity contribution is 5.87. The largest absolute Gasteiger partial charge is 0.506 e. The molecular formula is C21H22N2O3. The number of aliphatic hydroxyl groups is 1. The average Bonchev–Trinajstić information content (AvgIpc) is 2.97. The molecule has 0 fully saturated rings. The van der Waals surface area contributed by atoms with Crippen LogP contribution in [-0.4, -0.2) is 27.8 Å². The van der Waals surface area contributed by atoms with Crippen LogP contribution >= 0.6 is 0 Å². The number of phenolic OH excluding ortho intramolecular Hbond substituents is 1. The molecule has 4 rings (SSSR count). The van der Waals surface area contributed by atoms with Crippen molar-refractivity contribution in [2.24, 2.45) is 0 Å². The van der Waals surface area contributed by atoms with Gasteiger partial charge < -0.3 is 20.5 Å². The number of nitrogens with one attached hydrogen (secondary N) is 2. The van der Waals surface area contributed by atoms with Gasteiger partial charge >= 0.3 is 0 Å². The second kappa shape index (κ2) is 6.59. The van der Waals surface area contributed by atoms with Crippen molar-refractivity contribution in [2.45, 2.75) is 31.4 Å². The van der Waals surface area contributed by atoms with Crippen LogP contribution in [0.4, 0.5) is 0 Å². The van der Waals surface area contributed by atoms with E-state index in [1.54, 1.807) is 12.1 Å². The fraction of sp³-hybridized carbons (Fsp3) is 0.286. The molecule has 1 unspecified atom stereocenters. The predicted octanol–water partition coefficient (Wildman–Crippen LogP) is 2.59. The third-order valence-corrected chi connectivity index (χ3v) is 5.43. The van der Waals surface area contributed by atoms with Crippen LogP contribution in [0.1, 0.15) is 35.6 Å². The number of pyridine rings is 1. The number of benzene rings is 2. The normalized spacial score (nSPS) is 20.2. The van der Waals surface area contributed by atoms with E-state index in [1.807, 2.05) is 0 Å². The monoisotopic (exact) mass is 350 g/mol. The standard InChI is InChI=1S/C21H22N2O3/c1-12-14-5-3-2-4-13(14)10-17(12)22-11-19(25)15-6-8-18(24)21-16(15)7-9-20(26)23-21/h2-9,12,17,19,22,24-25H,10-11H2,1H3,(H,23,26)/t12-,17+,19?/m1/s1. The molecule has 0 spiro atoms. The molecular weight excluding hydrogens is 328 g/mol. The number of aromatic amines is 1. The summed E-state index contributed by atoms with van der Waals surface area (Å²) in [6.45, 7) is 2.61. The fourth-order valence-corrected chi connectivity index (χ4v) is 3.97. The van der Waals surface area contributed by atoms with Crippen molar-refractivity contribution < 1.29 is 10.2 Å². The molecule has 26 heavy (non-hydrogen) atoms. The zero-order chi connectivity index (χ0) is 18.3. The van der Waals surface area contributed by atoms with Crippen LogP contribution in [-0.2, 0) is 6.42 Å². The number of aliphatic hydroxyl groups excluding tert-OH is 1. The van der Waals surface area contributed by atoms with Gasteiger partial charge in [0.05, 0.1) is 11.6 Å². The van der Waals surface area contributed by atoms with E-state index in [9.17, 15) is 15.0 Å². The van der Waals surface area contributed by atoms with Gasteiger partial charge in [-0.05, 0) is 41.2 Å². The van der Waals surface area contributed by atoms with Crippen LogP contribution in [0.3, 0.4) is 0 Å². The summed E-state index contributed by atoms with van der Waals surface area (Å²) in [6, 6.07) is 15.0. The highest BCUT2D eigenvalue weighted by atomic mass is 16.3. The van der Waals surface area contributed by atoms with E-state index in [4.69, 9.17) is 0 Å². The number of rotatable bonds is 4. The molecule has 1 aliphatic rings. The van der Waals surface area contributed by atoms with Gasteiger partial charge in [-0.3, -0.25) is 4.79 Å². The maximum Gasteiger partial charge on any atom is 0.248 e. The molecule has 3 atom stereocenters. The molecule has 0 bridgehead atoms. The third kappa shape index (κ3) is 2.89. The van der Waals surface area contributed by atoms with E-state index in [1.165, 1.54) is 23.3 Å². The number of H-pyrrole nitrogens is 1. The molecule has 1 aromatic heterocycles. The van der Waals surface area contributed by atoms with Crippen LogP contribution in [0.25, 0.3) is 10.9 Å². The Labute approximate surface area is 151 Å². The molecule has 5 heteroatoms. The molecule has 3 aromatic rings. The Bertz CT molecular complexity index is 1010. The van der Waals surface area contributed by atoms with Gasteiger partial charge in [0.25, 0.3) is 0 Å². The van der Waals surface area contributed by atoms with Crippen LogP contribution < -0.4 is 10.9 Å². The van der Waals surface area contributed by atoms with Crippen LogP contribution in [0.15, 0.2) is 53.3 Å². The Morgan fingerprint density at radius 1 is 1.19 bits per heavy atom. The van der Waals surface area contributed by atoms with Crippen molar-refractivity contribution in [1.82, 2.24) is 10.3 Å². The number of aromatic hydroxyl groups is 1. The van der Waals surface area contributed by atoms with Gasteiger partial charge in [0, 0.05) is 24.0 Å². The first-order valence-electron chi connectivity index (χ1n) is 8.88. The molecule has 4 N–H and O–H groups in total. The zero-order valence-electron chi connectivity index (χ0n) is 14.6. The highest BCUT2D eigenvalue weighted by Crippen LogP contribution is 2.33. The second-order valence-electron chi connectivity index (χ2n) is 7.01. The van der Waals surface area contributed by atoms with Crippen LogP contribution in [0, 0.1) is 0 Å². The molecule has 0 radical (unpaired) electrons. The SMILES string of the molecule is C[C@@H]1c2ccccc2C[C@@H]1NCC(O)c1ccc(O)c2[nH]c(=O)ccc12. The minimum Gasteiger partial charge on any atom is -0.506 e. The van der Waals surface area contributed by atoms with Gasteiger partial charge in [-0.15, -0.1) is 0 Å². The lowest BCUT2D eigenvalue weighted by Gasteiger charge is -2.21. The average molecular weight is 350 g/mol. The number of hydrogen-bond acceptors (Lipinski definition) is 4. The van der Waals surface area contributed by atoms with Gasteiger partial charge in [0.1, 0.15) is 5.75 Å². The van der Waals surface area contributed by atoms with Gasteiger partial charge in [-0.2, -0.15) is 0 Å². The van der Waals surface area contributed by atoms with Gasteiger partial charge in [-0.1, -0.05) is 37.3 Å². The summed E-state index contributed by atoms with van der Waals surface area (Å²) in [4.78, 5) is 14.2. The Morgan fingerprint density at radius 2 is 2.00 bits per heavy atom. The predicted molar refractivity (Wildman–Crippen MR) is 102 cm³/mol. The lowest BCUT2D eigenvalue weighted by atomic mass is 9.99. The van der Waals surface area contributed by atoms with Gasteiger partial charge in [0.2, 0.25) is 5.56 Å². The lowest BCUT2D eigenvalue weighted by molar-refractivity contribution is 0.170. The number of phenols is 1. The molecule has 0 saturated carbocycles. The summed E-state index contributed by atoms with van der Waals surface area (Å²) >= 11 is 0. The molecule has 0 amide bonds. The van der Waals surface area contributed by atoms with Crippen LogP contribution in [0.5, 0.6) is 5.75 Å².